The van der Waals surface area contributed by atoms with Crippen LogP contribution in [0.25, 0.3) is 11.1 Å². The van der Waals surface area contributed by atoms with E-state index >= 15 is 0 Å². The van der Waals surface area contributed by atoms with Crippen LogP contribution in [-0.2, 0) is 6.42 Å². The highest BCUT2D eigenvalue weighted by Gasteiger charge is 2.10. The van der Waals surface area contributed by atoms with Gasteiger partial charge < -0.3 is 14.7 Å². The zero-order chi connectivity index (χ0) is 13.0. The Labute approximate surface area is 107 Å². The SMILES string of the molecule is CCc1ccc(-c2ccc(OB(O)O)cc2)cc1. The van der Waals surface area contributed by atoms with E-state index in [0.29, 0.717) is 5.75 Å². The third kappa shape index (κ3) is 3.12. The molecule has 0 amide bonds. The van der Waals surface area contributed by atoms with Crippen LogP contribution < -0.4 is 4.65 Å². The largest absolute Gasteiger partial charge is 0.707 e. The third-order valence-electron chi connectivity index (χ3n) is 2.79. The summed E-state index contributed by atoms with van der Waals surface area (Å²) in [6.45, 7) is 2.13. The van der Waals surface area contributed by atoms with Gasteiger partial charge in [-0.3, -0.25) is 0 Å². The van der Waals surface area contributed by atoms with Gasteiger partial charge in [-0.15, -0.1) is 0 Å². The van der Waals surface area contributed by atoms with Crippen molar-refractivity contribution in [2.45, 2.75) is 13.3 Å². The molecule has 92 valence electrons. The lowest BCUT2D eigenvalue weighted by Gasteiger charge is -2.06. The van der Waals surface area contributed by atoms with E-state index in [2.05, 4.69) is 31.2 Å². The molecular weight excluding hydrogens is 227 g/mol. The third-order valence-corrected chi connectivity index (χ3v) is 2.79. The smallest absolute Gasteiger partial charge is 0.512 e. The number of benzene rings is 2. The van der Waals surface area contributed by atoms with Crippen LogP contribution in [0.4, 0.5) is 0 Å². The van der Waals surface area contributed by atoms with Crippen molar-refractivity contribution in [3.8, 4) is 16.9 Å². The zero-order valence-corrected chi connectivity index (χ0v) is 10.2. The Bertz CT molecular complexity index is 491. The summed E-state index contributed by atoms with van der Waals surface area (Å²) < 4.78 is 4.75. The van der Waals surface area contributed by atoms with Crippen LogP contribution in [-0.4, -0.2) is 17.4 Å². The summed E-state index contributed by atoms with van der Waals surface area (Å²) in [6.07, 6.45) is 1.03. The van der Waals surface area contributed by atoms with E-state index in [1.807, 2.05) is 12.1 Å². The Hall–Kier alpha value is -1.78. The molecule has 0 unspecified atom stereocenters. The Kier molecular flexibility index (Phi) is 4.02. The lowest BCUT2D eigenvalue weighted by Crippen LogP contribution is -2.20. The van der Waals surface area contributed by atoms with Crippen LogP contribution in [0.2, 0.25) is 0 Å². The predicted octanol–water partition coefficient (Wildman–Crippen LogP) is 2.26. The molecule has 0 bridgehead atoms. The molecule has 0 heterocycles. The van der Waals surface area contributed by atoms with E-state index in [1.54, 1.807) is 12.1 Å². The second kappa shape index (κ2) is 5.71. The first-order chi connectivity index (χ1) is 8.69. The molecule has 0 aliphatic carbocycles. The lowest BCUT2D eigenvalue weighted by atomic mass is 10.0. The van der Waals surface area contributed by atoms with Crippen LogP contribution in [0, 0.1) is 0 Å². The van der Waals surface area contributed by atoms with E-state index in [9.17, 15) is 0 Å². The number of hydrogen-bond donors (Lipinski definition) is 2. The molecule has 0 aliphatic rings. The fourth-order valence-corrected chi connectivity index (χ4v) is 1.78. The van der Waals surface area contributed by atoms with Gasteiger partial charge in [0.25, 0.3) is 0 Å². The number of aryl methyl sites for hydroxylation is 1. The molecule has 0 fully saturated rings. The molecule has 0 spiro atoms. The summed E-state index contributed by atoms with van der Waals surface area (Å²) in [6, 6.07) is 15.6. The molecule has 2 rings (SSSR count). The molecule has 0 atom stereocenters. The predicted molar refractivity (Wildman–Crippen MR) is 72.1 cm³/mol. The van der Waals surface area contributed by atoms with Crippen molar-refractivity contribution in [3.63, 3.8) is 0 Å². The van der Waals surface area contributed by atoms with Crippen molar-refractivity contribution in [2.24, 2.45) is 0 Å². The van der Waals surface area contributed by atoms with Crippen LogP contribution in [0.1, 0.15) is 12.5 Å². The second-order valence-corrected chi connectivity index (χ2v) is 4.02. The topological polar surface area (TPSA) is 49.7 Å². The fraction of sp³-hybridized carbons (Fsp3) is 0.143. The highest BCUT2D eigenvalue weighted by atomic mass is 16.6. The van der Waals surface area contributed by atoms with Gasteiger partial charge in [0.1, 0.15) is 5.75 Å². The van der Waals surface area contributed by atoms with Gasteiger partial charge in [0.15, 0.2) is 0 Å². The van der Waals surface area contributed by atoms with Crippen molar-refractivity contribution >= 4 is 7.32 Å². The van der Waals surface area contributed by atoms with Gasteiger partial charge >= 0.3 is 7.32 Å². The van der Waals surface area contributed by atoms with Crippen molar-refractivity contribution in [2.75, 3.05) is 0 Å². The molecular formula is C14H15BO3. The minimum atomic E-state index is -1.78. The van der Waals surface area contributed by atoms with E-state index in [-0.39, 0.29) is 0 Å². The molecule has 18 heavy (non-hydrogen) atoms. The van der Waals surface area contributed by atoms with Crippen LogP contribution in [0.5, 0.6) is 5.75 Å². The van der Waals surface area contributed by atoms with Crippen LogP contribution in [0.15, 0.2) is 48.5 Å². The van der Waals surface area contributed by atoms with Gasteiger partial charge in [-0.2, -0.15) is 0 Å². The average molecular weight is 242 g/mol. The summed E-state index contributed by atoms with van der Waals surface area (Å²) in [5, 5.41) is 17.4. The second-order valence-electron chi connectivity index (χ2n) is 4.02. The molecule has 4 heteroatoms. The van der Waals surface area contributed by atoms with E-state index in [4.69, 9.17) is 14.7 Å². The Morgan fingerprint density at radius 3 is 1.83 bits per heavy atom. The average Bonchev–Trinajstić information content (AvgIpc) is 2.39. The first-order valence-electron chi connectivity index (χ1n) is 5.91. The molecule has 2 aromatic rings. The number of hydrogen-bond acceptors (Lipinski definition) is 3. The molecule has 2 N–H and O–H groups in total. The van der Waals surface area contributed by atoms with Crippen molar-refractivity contribution in [3.05, 3.63) is 54.1 Å². The lowest BCUT2D eigenvalue weighted by molar-refractivity contribution is 0.288. The van der Waals surface area contributed by atoms with Crippen molar-refractivity contribution in [1.82, 2.24) is 0 Å². The van der Waals surface area contributed by atoms with Gasteiger partial charge in [0, 0.05) is 0 Å². The van der Waals surface area contributed by atoms with Crippen molar-refractivity contribution in [1.29, 1.82) is 0 Å². The molecule has 0 radical (unpaired) electrons. The molecule has 2 aromatic carbocycles. The molecule has 0 aliphatic heterocycles. The Morgan fingerprint density at radius 1 is 0.889 bits per heavy atom. The fourth-order valence-electron chi connectivity index (χ4n) is 1.78. The molecule has 0 saturated carbocycles. The molecule has 3 nitrogen and oxygen atoms in total. The van der Waals surface area contributed by atoms with Gasteiger partial charge in [-0.05, 0) is 35.2 Å². The van der Waals surface area contributed by atoms with Gasteiger partial charge in [0.2, 0.25) is 0 Å². The van der Waals surface area contributed by atoms with E-state index in [1.165, 1.54) is 5.56 Å². The summed E-state index contributed by atoms with van der Waals surface area (Å²) in [4.78, 5) is 0. The first-order valence-corrected chi connectivity index (χ1v) is 5.91. The highest BCUT2D eigenvalue weighted by molar-refractivity contribution is 6.33. The minimum absolute atomic E-state index is 0.430. The maximum atomic E-state index is 8.68. The standard InChI is InChI=1S/C14H15BO3/c1-2-11-3-5-12(6-4-11)13-7-9-14(10-8-13)18-15(16)17/h3-10,16-17H,2H2,1H3. The maximum absolute atomic E-state index is 8.68. The number of rotatable bonds is 4. The first kappa shape index (κ1) is 12.7. The maximum Gasteiger partial charge on any atom is 0.707 e. The van der Waals surface area contributed by atoms with Crippen LogP contribution >= 0.6 is 0 Å². The molecule has 0 saturated heterocycles. The summed E-state index contributed by atoms with van der Waals surface area (Å²) in [5.74, 6) is 0.430. The highest BCUT2D eigenvalue weighted by Crippen LogP contribution is 2.23. The van der Waals surface area contributed by atoms with Crippen molar-refractivity contribution < 1.29 is 14.7 Å². The van der Waals surface area contributed by atoms with E-state index in [0.717, 1.165) is 17.5 Å². The Balaban J connectivity index is 2.17. The summed E-state index contributed by atoms with van der Waals surface area (Å²) >= 11 is 0. The van der Waals surface area contributed by atoms with Gasteiger partial charge in [-0.1, -0.05) is 43.3 Å². The Morgan fingerprint density at radius 2 is 1.39 bits per heavy atom. The van der Waals surface area contributed by atoms with E-state index < -0.39 is 7.32 Å². The zero-order valence-electron chi connectivity index (χ0n) is 10.2. The quantitative estimate of drug-likeness (QED) is 0.808. The monoisotopic (exact) mass is 242 g/mol. The summed E-state index contributed by atoms with van der Waals surface area (Å²) in [5.41, 5.74) is 3.50. The summed E-state index contributed by atoms with van der Waals surface area (Å²) in [7, 11) is -1.78. The minimum Gasteiger partial charge on any atom is -0.512 e. The van der Waals surface area contributed by atoms with Gasteiger partial charge in [0.05, 0.1) is 0 Å². The normalized spacial score (nSPS) is 10.2. The van der Waals surface area contributed by atoms with Crippen LogP contribution in [0.3, 0.4) is 0 Å². The van der Waals surface area contributed by atoms with Gasteiger partial charge in [-0.25, -0.2) is 0 Å². The molecule has 0 aromatic heterocycles.